The topological polar surface area (TPSA) is 79.1 Å². The van der Waals surface area contributed by atoms with Crippen LogP contribution in [0.4, 0.5) is 5.82 Å². The molecule has 0 saturated carbocycles. The lowest BCUT2D eigenvalue weighted by Gasteiger charge is -2.34. The number of aromatic nitrogens is 4. The molecule has 28 heavy (non-hydrogen) atoms. The second-order valence-electron chi connectivity index (χ2n) is 6.85. The number of morpholine rings is 1. The van der Waals surface area contributed by atoms with Gasteiger partial charge in [0.05, 0.1) is 48.0 Å². The van der Waals surface area contributed by atoms with E-state index in [1.165, 1.54) is 11.5 Å². The maximum atomic E-state index is 12.0. The number of rotatable bonds is 5. The van der Waals surface area contributed by atoms with Gasteiger partial charge in [0, 0.05) is 12.1 Å². The summed E-state index contributed by atoms with van der Waals surface area (Å²) in [5.74, 6) is 1.41. The lowest BCUT2D eigenvalue weighted by atomic mass is 10.1. The van der Waals surface area contributed by atoms with Crippen LogP contribution in [0.15, 0.2) is 12.1 Å². The predicted molar refractivity (Wildman–Crippen MR) is 127 cm³/mol. The van der Waals surface area contributed by atoms with E-state index in [1.807, 2.05) is 11.4 Å². The van der Waals surface area contributed by atoms with Gasteiger partial charge in [0.2, 0.25) is 0 Å². The molecule has 3 atom stereocenters. The van der Waals surface area contributed by atoms with Crippen molar-refractivity contribution in [2.45, 2.75) is 25.6 Å². The highest BCUT2D eigenvalue weighted by Crippen LogP contribution is 2.38. The van der Waals surface area contributed by atoms with Crippen LogP contribution < -0.4 is 4.90 Å². The number of fused-ring (bicyclic) bond motifs is 1. The zero-order valence-electron chi connectivity index (χ0n) is 15.8. The fourth-order valence-electron chi connectivity index (χ4n) is 3.41. The minimum atomic E-state index is -0.941. The lowest BCUT2D eigenvalue weighted by Crippen LogP contribution is -2.44. The highest BCUT2D eigenvalue weighted by Gasteiger charge is 2.25. The summed E-state index contributed by atoms with van der Waals surface area (Å²) in [6.45, 7) is 6.31. The fraction of sp³-hybridized carbons (Fsp3) is 0.471. The van der Waals surface area contributed by atoms with E-state index >= 15 is 0 Å². The third-order valence-corrected chi connectivity index (χ3v) is 8.17. The predicted octanol–water partition coefficient (Wildman–Crippen LogP) is 3.76. The first-order chi connectivity index (χ1) is 13.5. The number of hydrogen-bond acceptors (Lipinski definition) is 7. The maximum Gasteiger partial charge on any atom is 0.132 e. The van der Waals surface area contributed by atoms with Crippen molar-refractivity contribution in [2.75, 3.05) is 30.9 Å². The Bertz CT molecular complexity index is 995. The van der Waals surface area contributed by atoms with Crippen LogP contribution in [0.25, 0.3) is 21.6 Å². The Labute approximate surface area is 185 Å². The Kier molecular flexibility index (Phi) is 6.44. The van der Waals surface area contributed by atoms with Gasteiger partial charge in [-0.25, -0.2) is 9.44 Å². The summed E-state index contributed by atoms with van der Waals surface area (Å²) < 4.78 is 25.3. The molecule has 1 fully saturated rings. The quantitative estimate of drug-likeness (QED) is 0.274. The van der Waals surface area contributed by atoms with Gasteiger partial charge in [-0.3, -0.25) is 0 Å². The molecule has 4 heterocycles. The van der Waals surface area contributed by atoms with Gasteiger partial charge in [-0.1, -0.05) is 11.2 Å². The molecule has 150 valence electrons. The first-order valence-electron chi connectivity index (χ1n) is 8.85. The molecule has 0 spiro atoms. The molecule has 7 nitrogen and oxygen atoms in total. The molecule has 1 aliphatic rings. The number of nitrogens with zero attached hydrogens (tertiary/aromatic N) is 5. The van der Waals surface area contributed by atoms with Crippen LogP contribution in [-0.2, 0) is 21.7 Å². The highest BCUT2D eigenvalue weighted by molar-refractivity contribution is 14.2. The molecule has 0 aromatic carbocycles. The molecule has 4 rings (SSSR count). The van der Waals surface area contributed by atoms with E-state index in [-0.39, 0.29) is 6.04 Å². The lowest BCUT2D eigenvalue weighted by molar-refractivity contribution is 0.0985. The largest absolute Gasteiger partial charge is 0.616 e. The molecule has 1 saturated heterocycles. The van der Waals surface area contributed by atoms with Crippen LogP contribution in [0, 0.1) is 6.92 Å². The van der Waals surface area contributed by atoms with Crippen molar-refractivity contribution >= 4 is 67.2 Å². The number of hydrogen-bond donors (Lipinski definition) is 0. The standard InChI is InChI=1S/C17H21IN5O2PS2/c1-10-6-13(23(20-10)26-18)15-16-17(27-21-15)12(9-28(3)24)7-14(19-16)22-4-5-25-8-11(22)2/h6-7,11,26H,4-5,8-9H2,1-3H3/t11-,28?/m1/s1. The number of ether oxygens (including phenoxy) is 1. The van der Waals surface area contributed by atoms with Gasteiger partial charge < -0.3 is 14.2 Å². The molecule has 0 N–H and O–H groups in total. The van der Waals surface area contributed by atoms with E-state index in [1.54, 1.807) is 6.26 Å². The van der Waals surface area contributed by atoms with E-state index in [9.17, 15) is 4.55 Å². The molecule has 3 aromatic heterocycles. The Morgan fingerprint density at radius 1 is 1.46 bits per heavy atom. The Balaban J connectivity index is 1.89. The Morgan fingerprint density at radius 2 is 2.29 bits per heavy atom. The molecule has 11 heteroatoms. The van der Waals surface area contributed by atoms with Crippen LogP contribution in [0.3, 0.4) is 0 Å². The Hall–Kier alpha value is -0.520. The summed E-state index contributed by atoms with van der Waals surface area (Å²) in [5, 5.41) is 4.57. The number of pyridine rings is 1. The molecular formula is C17H21IN5O2PS2. The monoisotopic (exact) mass is 549 g/mol. The summed E-state index contributed by atoms with van der Waals surface area (Å²) in [5.41, 5.74) is 4.73. The third kappa shape index (κ3) is 4.04. The van der Waals surface area contributed by atoms with Crippen molar-refractivity contribution in [3.8, 4) is 11.4 Å². The van der Waals surface area contributed by atoms with Crippen molar-refractivity contribution in [1.29, 1.82) is 0 Å². The summed E-state index contributed by atoms with van der Waals surface area (Å²) in [4.78, 5) is 7.29. The molecule has 0 radical (unpaired) electrons. The van der Waals surface area contributed by atoms with Crippen LogP contribution in [0.5, 0.6) is 0 Å². The van der Waals surface area contributed by atoms with Crippen molar-refractivity contribution in [3.63, 3.8) is 0 Å². The number of anilines is 1. The molecule has 0 amide bonds. The van der Waals surface area contributed by atoms with Gasteiger partial charge in [0.25, 0.3) is 0 Å². The zero-order chi connectivity index (χ0) is 19.8. The van der Waals surface area contributed by atoms with Gasteiger partial charge in [0.1, 0.15) is 22.8 Å². The SMILES string of the molecule is Cc1cc(-c2nsc3c(C[S+](C)[O-])cc(N4CCOC[C@H]4C)nc23)n(PI)n1. The van der Waals surface area contributed by atoms with Crippen LogP contribution in [-0.4, -0.2) is 55.5 Å². The molecule has 1 aliphatic heterocycles. The van der Waals surface area contributed by atoms with Crippen LogP contribution in [0.2, 0.25) is 0 Å². The van der Waals surface area contributed by atoms with Crippen LogP contribution in [0.1, 0.15) is 18.2 Å². The average Bonchev–Trinajstić information content (AvgIpc) is 3.24. The maximum absolute atomic E-state index is 12.0. The second-order valence-corrected chi connectivity index (χ2v) is 11.1. The van der Waals surface area contributed by atoms with E-state index in [0.717, 1.165) is 45.2 Å². The fourth-order valence-corrected chi connectivity index (χ4v) is 6.57. The number of halogens is 1. The zero-order valence-corrected chi connectivity index (χ0v) is 20.6. The van der Waals surface area contributed by atoms with E-state index < -0.39 is 11.2 Å². The highest BCUT2D eigenvalue weighted by atomic mass is 127. The third-order valence-electron chi connectivity index (χ3n) is 4.66. The van der Waals surface area contributed by atoms with Gasteiger partial charge >= 0.3 is 0 Å². The summed E-state index contributed by atoms with van der Waals surface area (Å²) in [7, 11) is 0. The minimum absolute atomic E-state index is 0.248. The van der Waals surface area contributed by atoms with Crippen molar-refractivity contribution in [1.82, 2.24) is 18.9 Å². The Morgan fingerprint density at radius 3 is 3.00 bits per heavy atom. The van der Waals surface area contributed by atoms with Gasteiger partial charge in [-0.2, -0.15) is 9.47 Å². The first-order valence-corrected chi connectivity index (χ1v) is 15.4. The molecule has 2 unspecified atom stereocenters. The van der Waals surface area contributed by atoms with Gasteiger partial charge in [-0.15, -0.1) is 0 Å². The molecule has 3 aromatic rings. The first kappa shape index (κ1) is 20.7. The second kappa shape index (κ2) is 8.69. The molecule has 0 aliphatic carbocycles. The van der Waals surface area contributed by atoms with Crippen molar-refractivity contribution < 1.29 is 9.29 Å². The van der Waals surface area contributed by atoms with Crippen molar-refractivity contribution in [2.24, 2.45) is 0 Å². The van der Waals surface area contributed by atoms with Gasteiger partial charge in [-0.05, 0) is 59.6 Å². The van der Waals surface area contributed by atoms with E-state index in [4.69, 9.17) is 14.1 Å². The normalized spacial score (nSPS) is 19.2. The number of aryl methyl sites for hydroxylation is 1. The smallest absolute Gasteiger partial charge is 0.132 e. The molecular weight excluding hydrogens is 528 g/mol. The van der Waals surface area contributed by atoms with E-state index in [2.05, 4.69) is 51.1 Å². The van der Waals surface area contributed by atoms with E-state index in [0.29, 0.717) is 25.3 Å². The average molecular weight is 549 g/mol. The summed E-state index contributed by atoms with van der Waals surface area (Å²) >= 11 is 2.82. The summed E-state index contributed by atoms with van der Waals surface area (Å²) in [6, 6.07) is 4.39. The summed E-state index contributed by atoms with van der Waals surface area (Å²) in [6.07, 6.45) is 2.22. The van der Waals surface area contributed by atoms with Crippen molar-refractivity contribution in [3.05, 3.63) is 23.4 Å². The van der Waals surface area contributed by atoms with Crippen LogP contribution >= 0.6 is 39.9 Å². The minimum Gasteiger partial charge on any atom is -0.616 e. The molecule has 0 bridgehead atoms. The van der Waals surface area contributed by atoms with Gasteiger partial charge in [0.15, 0.2) is 0 Å².